The molecule has 0 radical (unpaired) electrons. The molecule has 2 aliphatic heterocycles. The smallest absolute Gasteiger partial charge is 0.295 e. The van der Waals surface area contributed by atoms with Gasteiger partial charge in [0.15, 0.2) is 6.61 Å². The Bertz CT molecular complexity index is 1270. The van der Waals surface area contributed by atoms with Gasteiger partial charge in [-0.05, 0) is 48.4 Å². The minimum absolute atomic E-state index is 0.00985. The van der Waals surface area contributed by atoms with Gasteiger partial charge in [0.1, 0.15) is 23.9 Å². The summed E-state index contributed by atoms with van der Waals surface area (Å²) in [5.41, 5.74) is 6.90. The van der Waals surface area contributed by atoms with Gasteiger partial charge in [0, 0.05) is 31.7 Å². The molecule has 2 aromatic carbocycles. The van der Waals surface area contributed by atoms with Crippen molar-refractivity contribution in [2.24, 2.45) is 5.73 Å². The lowest BCUT2D eigenvalue weighted by Gasteiger charge is -2.31. The van der Waals surface area contributed by atoms with Crippen molar-refractivity contribution in [2.75, 3.05) is 52.6 Å². The first-order valence-corrected chi connectivity index (χ1v) is 12.7. The van der Waals surface area contributed by atoms with Gasteiger partial charge < -0.3 is 30.0 Å². The van der Waals surface area contributed by atoms with Crippen LogP contribution >= 0.6 is 0 Å². The third kappa shape index (κ3) is 6.47. The number of rotatable bonds is 11. The van der Waals surface area contributed by atoms with E-state index in [-0.39, 0.29) is 17.9 Å². The summed E-state index contributed by atoms with van der Waals surface area (Å²) in [6.45, 7) is 9.04. The molecule has 4 rings (SSSR count). The molecule has 2 saturated heterocycles. The number of amides is 2. The maximum Gasteiger partial charge on any atom is 0.295 e. The molecule has 206 valence electrons. The zero-order valence-electron chi connectivity index (χ0n) is 21.9. The molecule has 39 heavy (non-hydrogen) atoms. The number of aliphatic hydroxyl groups is 1. The highest BCUT2D eigenvalue weighted by Crippen LogP contribution is 2.40. The Morgan fingerprint density at radius 3 is 2.44 bits per heavy atom. The third-order valence-corrected chi connectivity index (χ3v) is 6.70. The van der Waals surface area contributed by atoms with E-state index in [1.54, 1.807) is 55.5 Å². The monoisotopic (exact) mass is 535 g/mol. The van der Waals surface area contributed by atoms with Crippen molar-refractivity contribution in [1.82, 2.24) is 9.80 Å². The van der Waals surface area contributed by atoms with Gasteiger partial charge in [-0.3, -0.25) is 19.3 Å². The maximum absolute atomic E-state index is 13.4. The molecule has 1 atom stereocenters. The number of Topliss-reactive ketones (excluding diaryl/α,β-unsaturated/α-hetero) is 1. The predicted molar refractivity (Wildman–Crippen MR) is 144 cm³/mol. The summed E-state index contributed by atoms with van der Waals surface area (Å²) >= 11 is 0. The molecular formula is C29H33N3O7. The normalized spacial score (nSPS) is 19.2. The molecule has 2 amide bonds. The maximum atomic E-state index is 13.4. The fraction of sp³-hybridized carbons (Fsp3) is 0.345. The quantitative estimate of drug-likeness (QED) is 0.194. The lowest BCUT2D eigenvalue weighted by Crippen LogP contribution is -2.42. The van der Waals surface area contributed by atoms with E-state index >= 15 is 0 Å². The molecule has 3 N–H and O–H groups in total. The lowest BCUT2D eigenvalue weighted by atomic mass is 9.94. The fourth-order valence-electron chi connectivity index (χ4n) is 4.72. The Labute approximate surface area is 227 Å². The van der Waals surface area contributed by atoms with Gasteiger partial charge in [-0.25, -0.2) is 0 Å². The number of morpholine rings is 1. The molecule has 0 aromatic heterocycles. The molecule has 2 fully saturated rings. The van der Waals surface area contributed by atoms with Gasteiger partial charge in [-0.1, -0.05) is 24.8 Å². The highest BCUT2D eigenvalue weighted by Gasteiger charge is 2.46. The molecule has 0 aliphatic carbocycles. The summed E-state index contributed by atoms with van der Waals surface area (Å²) in [5, 5.41) is 11.4. The topological polar surface area (TPSA) is 132 Å². The number of likely N-dealkylation sites (tertiary alicyclic amines) is 1. The Balaban J connectivity index is 1.71. The molecule has 2 heterocycles. The van der Waals surface area contributed by atoms with Crippen molar-refractivity contribution in [3.05, 3.63) is 77.4 Å². The number of ether oxygens (including phenoxy) is 3. The van der Waals surface area contributed by atoms with Crippen LogP contribution in [0.1, 0.15) is 22.7 Å². The molecule has 10 nitrogen and oxygen atoms in total. The van der Waals surface area contributed by atoms with Crippen molar-refractivity contribution in [3.8, 4) is 11.5 Å². The molecule has 0 saturated carbocycles. The number of nitrogens with two attached hydrogens (primary N) is 1. The van der Waals surface area contributed by atoms with Crippen molar-refractivity contribution in [2.45, 2.75) is 13.0 Å². The first-order chi connectivity index (χ1) is 18.8. The summed E-state index contributed by atoms with van der Waals surface area (Å²) in [5.74, 6) is -1.28. The van der Waals surface area contributed by atoms with Crippen LogP contribution in [0.2, 0.25) is 0 Å². The van der Waals surface area contributed by atoms with E-state index in [0.29, 0.717) is 61.1 Å². The van der Waals surface area contributed by atoms with Gasteiger partial charge in [0.25, 0.3) is 17.6 Å². The summed E-state index contributed by atoms with van der Waals surface area (Å²) in [7, 11) is 0. The molecule has 2 aromatic rings. The van der Waals surface area contributed by atoms with Crippen LogP contribution < -0.4 is 15.2 Å². The zero-order valence-corrected chi connectivity index (χ0v) is 21.9. The SMILES string of the molecule is C=CCOc1ccc(C(O)=C2C(=O)C(=O)N(CCN3CCOCC3)C2c2ccc(OCC(N)=O)cc2)c(C)c1. The van der Waals surface area contributed by atoms with Crippen LogP contribution in [0.15, 0.2) is 60.7 Å². The average Bonchev–Trinajstić information content (AvgIpc) is 3.19. The number of carbonyl (C=O) groups is 3. The third-order valence-electron chi connectivity index (χ3n) is 6.70. The van der Waals surface area contributed by atoms with E-state index in [4.69, 9.17) is 19.9 Å². The van der Waals surface area contributed by atoms with Gasteiger partial charge in [-0.15, -0.1) is 0 Å². The second kappa shape index (κ2) is 12.6. The van der Waals surface area contributed by atoms with Crippen LogP contribution in [0.5, 0.6) is 11.5 Å². The summed E-state index contributed by atoms with van der Waals surface area (Å²) in [4.78, 5) is 41.4. The molecule has 0 bridgehead atoms. The van der Waals surface area contributed by atoms with Crippen LogP contribution in [0.25, 0.3) is 5.76 Å². The molecular weight excluding hydrogens is 502 g/mol. The van der Waals surface area contributed by atoms with E-state index in [2.05, 4.69) is 11.5 Å². The van der Waals surface area contributed by atoms with E-state index in [0.717, 1.165) is 13.1 Å². The minimum atomic E-state index is -0.813. The second-order valence-electron chi connectivity index (χ2n) is 9.35. The van der Waals surface area contributed by atoms with Gasteiger partial charge in [-0.2, -0.15) is 0 Å². The van der Waals surface area contributed by atoms with Crippen molar-refractivity contribution in [1.29, 1.82) is 0 Å². The van der Waals surface area contributed by atoms with Crippen molar-refractivity contribution >= 4 is 23.4 Å². The number of aryl methyl sites for hydroxylation is 1. The largest absolute Gasteiger partial charge is 0.507 e. The van der Waals surface area contributed by atoms with E-state index in [1.165, 1.54) is 4.90 Å². The Morgan fingerprint density at radius 2 is 1.79 bits per heavy atom. The van der Waals surface area contributed by atoms with Crippen LogP contribution in [0.3, 0.4) is 0 Å². The fourth-order valence-corrected chi connectivity index (χ4v) is 4.72. The van der Waals surface area contributed by atoms with E-state index < -0.39 is 23.6 Å². The molecule has 0 spiro atoms. The minimum Gasteiger partial charge on any atom is -0.507 e. The number of benzene rings is 2. The Hall–Kier alpha value is -4.15. The van der Waals surface area contributed by atoms with Crippen molar-refractivity contribution in [3.63, 3.8) is 0 Å². The first kappa shape index (κ1) is 27.9. The molecule has 2 aliphatic rings. The number of carbonyl (C=O) groups excluding carboxylic acids is 3. The summed E-state index contributed by atoms with van der Waals surface area (Å²) in [6, 6.07) is 11.0. The van der Waals surface area contributed by atoms with Crippen LogP contribution in [0.4, 0.5) is 0 Å². The first-order valence-electron chi connectivity index (χ1n) is 12.7. The number of hydrogen-bond donors (Lipinski definition) is 2. The van der Waals surface area contributed by atoms with Gasteiger partial charge in [0.2, 0.25) is 0 Å². The second-order valence-corrected chi connectivity index (χ2v) is 9.35. The summed E-state index contributed by atoms with van der Waals surface area (Å²) in [6.07, 6.45) is 1.63. The van der Waals surface area contributed by atoms with E-state index in [1.807, 2.05) is 0 Å². The highest BCUT2D eigenvalue weighted by molar-refractivity contribution is 6.46. The zero-order chi connectivity index (χ0) is 27.9. The number of hydrogen-bond acceptors (Lipinski definition) is 8. The number of ketones is 1. The molecule has 10 heteroatoms. The highest BCUT2D eigenvalue weighted by atomic mass is 16.5. The summed E-state index contributed by atoms with van der Waals surface area (Å²) < 4.78 is 16.4. The van der Waals surface area contributed by atoms with Crippen LogP contribution in [-0.2, 0) is 19.1 Å². The van der Waals surface area contributed by atoms with Gasteiger partial charge in [0.05, 0.1) is 24.8 Å². The number of primary amides is 1. The van der Waals surface area contributed by atoms with E-state index in [9.17, 15) is 19.5 Å². The Kier molecular flexibility index (Phi) is 9.00. The van der Waals surface area contributed by atoms with Crippen LogP contribution in [-0.4, -0.2) is 85.1 Å². The predicted octanol–water partition coefficient (Wildman–Crippen LogP) is 2.18. The average molecular weight is 536 g/mol. The number of aliphatic hydroxyl groups excluding tert-OH is 1. The lowest BCUT2D eigenvalue weighted by molar-refractivity contribution is -0.140. The van der Waals surface area contributed by atoms with Crippen molar-refractivity contribution < 1.29 is 33.7 Å². The molecule has 1 unspecified atom stereocenters. The standard InChI is InChI=1S/C29H33N3O7/c1-3-14-38-22-8-9-23(19(2)17-22)27(34)25-26(20-4-6-21(7-5-20)39-18-24(30)33)32(29(36)28(25)35)11-10-31-12-15-37-16-13-31/h3-9,17,26,34H,1,10-16,18H2,2H3,(H2,30,33). The Morgan fingerprint density at radius 1 is 1.10 bits per heavy atom. The van der Waals surface area contributed by atoms with Gasteiger partial charge >= 0.3 is 0 Å². The number of nitrogens with zero attached hydrogens (tertiary/aromatic N) is 2. The van der Waals surface area contributed by atoms with Crippen LogP contribution in [0, 0.1) is 6.92 Å².